The van der Waals surface area contributed by atoms with Crippen LogP contribution >= 0.6 is 11.6 Å². The molecule has 1 saturated carbocycles. The second-order valence-corrected chi connectivity index (χ2v) is 8.84. The number of aromatic nitrogens is 3. The van der Waals surface area contributed by atoms with Crippen LogP contribution in [-0.2, 0) is 10.0 Å². The molecule has 2 unspecified atom stereocenters. The van der Waals surface area contributed by atoms with Crippen LogP contribution in [0.4, 0.5) is 8.78 Å². The molecule has 27 heavy (non-hydrogen) atoms. The molecular formula is C16H19ClF2N4O3S. The molecule has 0 aromatic carbocycles. The minimum Gasteiger partial charge on any atom is -0.492 e. The molecule has 0 saturated heterocycles. The lowest BCUT2D eigenvalue weighted by Gasteiger charge is -2.35. The summed E-state index contributed by atoms with van der Waals surface area (Å²) < 4.78 is 60.0. The number of halogens is 3. The number of hydrogen-bond acceptors (Lipinski definition) is 5. The van der Waals surface area contributed by atoms with E-state index in [-0.39, 0.29) is 19.4 Å². The van der Waals surface area contributed by atoms with Gasteiger partial charge in [0.25, 0.3) is 0 Å². The van der Waals surface area contributed by atoms with Crippen LogP contribution < -0.4 is 9.46 Å². The van der Waals surface area contributed by atoms with E-state index in [0.29, 0.717) is 16.6 Å². The zero-order chi connectivity index (χ0) is 19.7. The predicted molar refractivity (Wildman–Crippen MR) is 95.9 cm³/mol. The highest BCUT2D eigenvalue weighted by molar-refractivity contribution is 7.88. The highest BCUT2D eigenvalue weighted by Gasteiger charge is 2.42. The highest BCUT2D eigenvalue weighted by atomic mass is 35.5. The number of alkyl halides is 2. The molecule has 3 rings (SSSR count). The van der Waals surface area contributed by atoms with E-state index in [2.05, 4.69) is 14.8 Å². The van der Waals surface area contributed by atoms with E-state index in [1.165, 1.54) is 17.1 Å². The number of pyridine rings is 1. The summed E-state index contributed by atoms with van der Waals surface area (Å²) >= 11 is 5.81. The van der Waals surface area contributed by atoms with Crippen molar-refractivity contribution in [2.24, 2.45) is 5.92 Å². The number of hydrogen-bond donors (Lipinski definition) is 1. The number of rotatable bonds is 6. The average Bonchev–Trinajstić information content (AvgIpc) is 3.01. The molecule has 1 aliphatic rings. The first-order chi connectivity index (χ1) is 12.6. The molecule has 2 aromatic heterocycles. The highest BCUT2D eigenvalue weighted by Crippen LogP contribution is 2.37. The van der Waals surface area contributed by atoms with Crippen molar-refractivity contribution >= 4 is 21.6 Å². The van der Waals surface area contributed by atoms with Gasteiger partial charge in [-0.15, -0.1) is 0 Å². The average molecular weight is 421 g/mol. The van der Waals surface area contributed by atoms with Crippen molar-refractivity contribution in [2.75, 3.05) is 12.9 Å². The Morgan fingerprint density at radius 3 is 2.78 bits per heavy atom. The lowest BCUT2D eigenvalue weighted by atomic mass is 9.83. The monoisotopic (exact) mass is 420 g/mol. The van der Waals surface area contributed by atoms with E-state index in [1.54, 1.807) is 18.3 Å². The van der Waals surface area contributed by atoms with Gasteiger partial charge in [0.15, 0.2) is 5.82 Å². The zero-order valence-electron chi connectivity index (χ0n) is 14.5. The molecule has 7 nitrogen and oxygen atoms in total. The van der Waals surface area contributed by atoms with Gasteiger partial charge in [0, 0.05) is 24.8 Å². The van der Waals surface area contributed by atoms with Crippen molar-refractivity contribution < 1.29 is 21.9 Å². The Bertz CT molecular complexity index is 889. The van der Waals surface area contributed by atoms with Gasteiger partial charge in [-0.1, -0.05) is 11.6 Å². The Morgan fingerprint density at radius 2 is 2.19 bits per heavy atom. The molecule has 0 spiro atoms. The Kier molecular flexibility index (Phi) is 5.68. The van der Waals surface area contributed by atoms with Crippen LogP contribution in [0, 0.1) is 5.92 Å². The van der Waals surface area contributed by atoms with Crippen molar-refractivity contribution in [3.05, 3.63) is 35.7 Å². The first-order valence-electron chi connectivity index (χ1n) is 8.26. The lowest BCUT2D eigenvalue weighted by Crippen LogP contribution is -2.48. The smallest absolute Gasteiger partial charge is 0.248 e. The van der Waals surface area contributed by atoms with Crippen LogP contribution in [0.15, 0.2) is 30.7 Å². The molecule has 0 radical (unpaired) electrons. The van der Waals surface area contributed by atoms with Gasteiger partial charge in [-0.2, -0.15) is 5.10 Å². The molecule has 0 aliphatic heterocycles. The van der Waals surface area contributed by atoms with Gasteiger partial charge >= 0.3 is 0 Å². The fourth-order valence-electron chi connectivity index (χ4n) is 3.06. The second kappa shape index (κ2) is 7.69. The SMILES string of the molecule is CS(=O)(=O)NC1CCC(F)(F)CC1COc1ccc(-n2cc(Cl)cn2)nc1. The summed E-state index contributed by atoms with van der Waals surface area (Å²) in [4.78, 5) is 4.19. The predicted octanol–water partition coefficient (Wildman–Crippen LogP) is 2.65. The van der Waals surface area contributed by atoms with E-state index in [0.717, 1.165) is 6.26 Å². The summed E-state index contributed by atoms with van der Waals surface area (Å²) in [6.45, 7) is -0.0442. The molecule has 1 aliphatic carbocycles. The Balaban J connectivity index is 1.65. The van der Waals surface area contributed by atoms with Gasteiger partial charge in [-0.05, 0) is 18.6 Å². The Labute approximate surface area is 160 Å². The van der Waals surface area contributed by atoms with Gasteiger partial charge in [-0.3, -0.25) is 0 Å². The number of sulfonamides is 1. The van der Waals surface area contributed by atoms with Crippen LogP contribution in [0.25, 0.3) is 5.82 Å². The van der Waals surface area contributed by atoms with Crippen LogP contribution in [0.5, 0.6) is 5.75 Å². The summed E-state index contributed by atoms with van der Waals surface area (Å²) in [5, 5.41) is 4.50. The fraction of sp³-hybridized carbons (Fsp3) is 0.500. The van der Waals surface area contributed by atoms with E-state index in [9.17, 15) is 17.2 Å². The summed E-state index contributed by atoms with van der Waals surface area (Å²) in [6.07, 6.45) is 4.82. The third-order valence-corrected chi connectivity index (χ3v) is 5.21. The molecule has 2 aromatic rings. The first-order valence-corrected chi connectivity index (χ1v) is 10.5. The summed E-state index contributed by atoms with van der Waals surface area (Å²) in [7, 11) is -3.49. The van der Waals surface area contributed by atoms with Gasteiger partial charge in [-0.25, -0.2) is 31.6 Å². The topological polar surface area (TPSA) is 86.1 Å². The van der Waals surface area contributed by atoms with E-state index < -0.39 is 34.3 Å². The molecular weight excluding hydrogens is 402 g/mol. The van der Waals surface area contributed by atoms with E-state index in [1.807, 2.05) is 0 Å². The molecule has 0 amide bonds. The lowest BCUT2D eigenvalue weighted by molar-refractivity contribution is -0.0660. The summed E-state index contributed by atoms with van der Waals surface area (Å²) in [6, 6.07) is 2.70. The quantitative estimate of drug-likeness (QED) is 0.776. The zero-order valence-corrected chi connectivity index (χ0v) is 16.1. The number of ether oxygens (including phenoxy) is 1. The largest absolute Gasteiger partial charge is 0.492 e. The van der Waals surface area contributed by atoms with Crippen LogP contribution in [-0.4, -0.2) is 48.0 Å². The summed E-state index contributed by atoms with van der Waals surface area (Å²) in [5.74, 6) is -2.56. The minimum absolute atomic E-state index is 0.0442. The molecule has 2 heterocycles. The van der Waals surface area contributed by atoms with E-state index >= 15 is 0 Å². The molecule has 1 fully saturated rings. The molecule has 148 valence electrons. The standard InChI is InChI=1S/C16H19ClF2N4O3S/c1-27(24,25)22-14-4-5-16(18,19)6-11(14)10-26-13-2-3-15(20-8-13)23-9-12(17)7-21-23/h2-3,7-9,11,14,22H,4-6,10H2,1H3. The fourth-order valence-corrected chi connectivity index (χ4v) is 4.05. The maximum atomic E-state index is 13.8. The normalized spacial score (nSPS) is 22.5. The van der Waals surface area contributed by atoms with Crippen LogP contribution in [0.3, 0.4) is 0 Å². The number of nitrogens with one attached hydrogen (secondary N) is 1. The Hall–Kier alpha value is -1.78. The Morgan fingerprint density at radius 1 is 1.41 bits per heavy atom. The van der Waals surface area contributed by atoms with Crippen molar-refractivity contribution in [1.82, 2.24) is 19.5 Å². The van der Waals surface area contributed by atoms with Crippen LogP contribution in [0.1, 0.15) is 19.3 Å². The molecule has 11 heteroatoms. The van der Waals surface area contributed by atoms with Crippen molar-refractivity contribution in [3.63, 3.8) is 0 Å². The molecule has 2 atom stereocenters. The van der Waals surface area contributed by atoms with Crippen molar-refractivity contribution in [2.45, 2.75) is 31.2 Å². The molecule has 1 N–H and O–H groups in total. The first kappa shape index (κ1) is 20.0. The van der Waals surface area contributed by atoms with Crippen molar-refractivity contribution in [1.29, 1.82) is 0 Å². The maximum Gasteiger partial charge on any atom is 0.248 e. The van der Waals surface area contributed by atoms with Crippen molar-refractivity contribution in [3.8, 4) is 11.6 Å². The van der Waals surface area contributed by atoms with E-state index in [4.69, 9.17) is 16.3 Å². The number of nitrogens with zero attached hydrogens (tertiary/aromatic N) is 3. The third-order valence-electron chi connectivity index (χ3n) is 4.29. The second-order valence-electron chi connectivity index (χ2n) is 6.62. The summed E-state index contributed by atoms with van der Waals surface area (Å²) in [5.41, 5.74) is 0. The van der Waals surface area contributed by atoms with Crippen LogP contribution in [0.2, 0.25) is 5.02 Å². The van der Waals surface area contributed by atoms with Gasteiger partial charge in [0.05, 0.1) is 36.5 Å². The maximum absolute atomic E-state index is 13.8. The van der Waals surface area contributed by atoms with Gasteiger partial charge < -0.3 is 4.74 Å². The van der Waals surface area contributed by atoms with Gasteiger partial charge in [0.2, 0.25) is 15.9 Å². The van der Waals surface area contributed by atoms with Gasteiger partial charge in [0.1, 0.15) is 5.75 Å². The third kappa shape index (κ3) is 5.60. The molecule has 0 bridgehead atoms. The minimum atomic E-state index is -3.49.